The highest BCUT2D eigenvalue weighted by atomic mass is 19.2. The minimum Gasteiger partial charge on any atom is -0.399 e. The molecule has 0 aliphatic carbocycles. The summed E-state index contributed by atoms with van der Waals surface area (Å²) in [6.07, 6.45) is 1.42. The first-order chi connectivity index (χ1) is 10.6. The number of hydrogen-bond acceptors (Lipinski definition) is 4. The molecule has 0 saturated heterocycles. The summed E-state index contributed by atoms with van der Waals surface area (Å²) in [5, 5.41) is 12.8. The maximum Gasteiger partial charge on any atom is 0.160 e. The van der Waals surface area contributed by atoms with Gasteiger partial charge in [0.05, 0.1) is 16.8 Å². The lowest BCUT2D eigenvalue weighted by Crippen LogP contribution is -1.98. The van der Waals surface area contributed by atoms with Crippen molar-refractivity contribution >= 4 is 28.0 Å². The average Bonchev–Trinajstić information content (AvgIpc) is 2.51. The number of halogens is 2. The quantitative estimate of drug-likeness (QED) is 0.707. The molecule has 6 heteroatoms. The Balaban J connectivity index is 2.17. The number of anilines is 3. The molecule has 0 saturated carbocycles. The topological polar surface area (TPSA) is 74.7 Å². The Kier molecular flexibility index (Phi) is 3.31. The van der Waals surface area contributed by atoms with Crippen molar-refractivity contribution in [1.82, 2.24) is 4.98 Å². The molecule has 0 bridgehead atoms. The Morgan fingerprint density at radius 1 is 1.09 bits per heavy atom. The molecule has 0 aliphatic rings. The number of nitrogen functional groups attached to an aromatic ring is 1. The first-order valence-corrected chi connectivity index (χ1v) is 6.39. The molecule has 22 heavy (non-hydrogen) atoms. The molecule has 3 rings (SSSR count). The van der Waals surface area contributed by atoms with Crippen LogP contribution in [-0.2, 0) is 0 Å². The minimum atomic E-state index is -0.971. The van der Waals surface area contributed by atoms with Gasteiger partial charge in [-0.1, -0.05) is 0 Å². The van der Waals surface area contributed by atoms with E-state index in [0.717, 1.165) is 12.1 Å². The summed E-state index contributed by atoms with van der Waals surface area (Å²) in [5.41, 5.74) is 7.98. The van der Waals surface area contributed by atoms with E-state index in [1.165, 1.54) is 12.3 Å². The zero-order valence-corrected chi connectivity index (χ0v) is 11.3. The molecule has 1 aromatic heterocycles. The summed E-state index contributed by atoms with van der Waals surface area (Å²) in [7, 11) is 0. The number of nitriles is 1. The van der Waals surface area contributed by atoms with Crippen LogP contribution in [-0.4, -0.2) is 4.98 Å². The molecule has 4 nitrogen and oxygen atoms in total. The average molecular weight is 296 g/mol. The van der Waals surface area contributed by atoms with E-state index in [2.05, 4.69) is 10.3 Å². The SMILES string of the molecule is N#Cc1cnc2ccc(N)cc2c1Nc1ccc(F)c(F)c1. The van der Waals surface area contributed by atoms with Gasteiger partial charge in [0.15, 0.2) is 11.6 Å². The van der Waals surface area contributed by atoms with Crippen LogP contribution >= 0.6 is 0 Å². The van der Waals surface area contributed by atoms with Crippen molar-refractivity contribution in [2.75, 3.05) is 11.1 Å². The third-order valence-corrected chi connectivity index (χ3v) is 3.20. The predicted octanol–water partition coefficient (Wildman–Crippen LogP) is 3.71. The zero-order valence-electron chi connectivity index (χ0n) is 11.3. The van der Waals surface area contributed by atoms with E-state index in [9.17, 15) is 14.0 Å². The first kappa shape index (κ1) is 13.8. The third-order valence-electron chi connectivity index (χ3n) is 3.20. The number of nitrogens with one attached hydrogen (secondary N) is 1. The predicted molar refractivity (Wildman–Crippen MR) is 80.5 cm³/mol. The van der Waals surface area contributed by atoms with E-state index < -0.39 is 11.6 Å². The number of aromatic nitrogens is 1. The highest BCUT2D eigenvalue weighted by molar-refractivity contribution is 5.97. The molecule has 2 aromatic carbocycles. The van der Waals surface area contributed by atoms with Gasteiger partial charge < -0.3 is 11.1 Å². The number of hydrogen-bond donors (Lipinski definition) is 2. The molecule has 1 heterocycles. The second-order valence-corrected chi connectivity index (χ2v) is 4.69. The van der Waals surface area contributed by atoms with Gasteiger partial charge in [0.2, 0.25) is 0 Å². The van der Waals surface area contributed by atoms with E-state index in [4.69, 9.17) is 5.73 Å². The Morgan fingerprint density at radius 3 is 2.64 bits per heavy atom. The van der Waals surface area contributed by atoms with Crippen molar-refractivity contribution in [2.24, 2.45) is 0 Å². The van der Waals surface area contributed by atoms with Gasteiger partial charge >= 0.3 is 0 Å². The van der Waals surface area contributed by atoms with Crippen LogP contribution in [0.25, 0.3) is 10.9 Å². The summed E-state index contributed by atoms with van der Waals surface area (Å²) in [6.45, 7) is 0. The van der Waals surface area contributed by atoms with E-state index in [-0.39, 0.29) is 5.56 Å². The first-order valence-electron chi connectivity index (χ1n) is 6.39. The molecule has 0 atom stereocenters. The van der Waals surface area contributed by atoms with Gasteiger partial charge in [-0.05, 0) is 30.3 Å². The molecular formula is C16H10F2N4. The summed E-state index contributed by atoms with van der Waals surface area (Å²) in [5.74, 6) is -1.91. The fourth-order valence-corrected chi connectivity index (χ4v) is 2.15. The van der Waals surface area contributed by atoms with Crippen molar-refractivity contribution in [1.29, 1.82) is 5.26 Å². The number of rotatable bonds is 2. The maximum absolute atomic E-state index is 13.3. The fraction of sp³-hybridized carbons (Fsp3) is 0. The van der Waals surface area contributed by atoms with Crippen LogP contribution in [0, 0.1) is 23.0 Å². The molecule has 0 unspecified atom stereocenters. The second kappa shape index (κ2) is 5.30. The highest BCUT2D eigenvalue weighted by Gasteiger charge is 2.11. The fourth-order valence-electron chi connectivity index (χ4n) is 2.15. The van der Waals surface area contributed by atoms with Crippen LogP contribution < -0.4 is 11.1 Å². The van der Waals surface area contributed by atoms with E-state index in [0.29, 0.717) is 28.0 Å². The Morgan fingerprint density at radius 2 is 1.91 bits per heavy atom. The number of fused-ring (bicyclic) bond motifs is 1. The maximum atomic E-state index is 13.3. The van der Waals surface area contributed by atoms with Crippen molar-refractivity contribution in [3.05, 3.63) is 59.8 Å². The molecule has 3 aromatic rings. The van der Waals surface area contributed by atoms with Crippen molar-refractivity contribution in [2.45, 2.75) is 0 Å². The Hall–Kier alpha value is -3.20. The highest BCUT2D eigenvalue weighted by Crippen LogP contribution is 2.30. The zero-order chi connectivity index (χ0) is 15.7. The molecule has 0 spiro atoms. The molecule has 0 aliphatic heterocycles. The number of nitrogens with two attached hydrogens (primary N) is 1. The van der Waals surface area contributed by atoms with Gasteiger partial charge in [-0.25, -0.2) is 8.78 Å². The van der Waals surface area contributed by atoms with Crippen LogP contribution in [0.2, 0.25) is 0 Å². The summed E-state index contributed by atoms with van der Waals surface area (Å²) >= 11 is 0. The lowest BCUT2D eigenvalue weighted by molar-refractivity contribution is 0.509. The van der Waals surface area contributed by atoms with Gasteiger partial charge in [-0.2, -0.15) is 5.26 Å². The lowest BCUT2D eigenvalue weighted by atomic mass is 10.1. The number of pyridine rings is 1. The van der Waals surface area contributed by atoms with Gasteiger partial charge in [0, 0.05) is 29.0 Å². The van der Waals surface area contributed by atoms with Gasteiger partial charge in [-0.15, -0.1) is 0 Å². The molecule has 108 valence electrons. The van der Waals surface area contributed by atoms with Crippen LogP contribution in [0.1, 0.15) is 5.56 Å². The Bertz CT molecular complexity index is 916. The molecule has 3 N–H and O–H groups in total. The van der Waals surface area contributed by atoms with E-state index in [1.54, 1.807) is 18.2 Å². The van der Waals surface area contributed by atoms with Crippen LogP contribution in [0.15, 0.2) is 42.6 Å². The van der Waals surface area contributed by atoms with Gasteiger partial charge in [-0.3, -0.25) is 4.98 Å². The molecule has 0 amide bonds. The smallest absolute Gasteiger partial charge is 0.160 e. The van der Waals surface area contributed by atoms with Crippen LogP contribution in [0.4, 0.5) is 25.8 Å². The summed E-state index contributed by atoms with van der Waals surface area (Å²) < 4.78 is 26.3. The Labute approximate surface area is 124 Å². The summed E-state index contributed by atoms with van der Waals surface area (Å²) in [6, 6.07) is 10.5. The largest absolute Gasteiger partial charge is 0.399 e. The minimum absolute atomic E-state index is 0.280. The van der Waals surface area contributed by atoms with Gasteiger partial charge in [0.25, 0.3) is 0 Å². The van der Waals surface area contributed by atoms with Crippen LogP contribution in [0.3, 0.4) is 0 Å². The molecule has 0 fully saturated rings. The van der Waals surface area contributed by atoms with Crippen LogP contribution in [0.5, 0.6) is 0 Å². The van der Waals surface area contributed by atoms with Crippen molar-refractivity contribution in [3.8, 4) is 6.07 Å². The number of benzene rings is 2. The van der Waals surface area contributed by atoms with Crippen molar-refractivity contribution < 1.29 is 8.78 Å². The molecular weight excluding hydrogens is 286 g/mol. The molecule has 0 radical (unpaired) electrons. The monoisotopic (exact) mass is 296 g/mol. The number of nitrogens with zero attached hydrogens (tertiary/aromatic N) is 2. The third kappa shape index (κ3) is 2.40. The van der Waals surface area contributed by atoms with Gasteiger partial charge in [0.1, 0.15) is 6.07 Å². The normalized spacial score (nSPS) is 10.4. The second-order valence-electron chi connectivity index (χ2n) is 4.69. The van der Waals surface area contributed by atoms with E-state index >= 15 is 0 Å². The van der Waals surface area contributed by atoms with E-state index in [1.807, 2.05) is 6.07 Å². The van der Waals surface area contributed by atoms with Crippen molar-refractivity contribution in [3.63, 3.8) is 0 Å². The standard InChI is InChI=1S/C16H10F2N4/c17-13-3-2-11(6-14(13)18)22-16-9(7-19)8-21-15-4-1-10(20)5-12(15)16/h1-6,8H,20H2,(H,21,22). The summed E-state index contributed by atoms with van der Waals surface area (Å²) in [4.78, 5) is 4.17. The lowest BCUT2D eigenvalue weighted by Gasteiger charge is -2.12.